The Hall–Kier alpha value is 0.400. The highest BCUT2D eigenvalue weighted by molar-refractivity contribution is 8.00. The van der Waals surface area contributed by atoms with Crippen LogP contribution in [0.3, 0.4) is 0 Å². The second-order valence-electron chi connectivity index (χ2n) is 3.70. The second-order valence-corrected chi connectivity index (χ2v) is 5.50. The molecule has 76 valence electrons. The standard InChI is InChI=1S/C10H19NS2/c1-8(7-12)6-11-4-5-13-10(3)9(11)2/h9-10,12H,1,4-7H2,2-3H3. The predicted octanol–water partition coefficient (Wildman–Crippen LogP) is 2.30. The first-order chi connectivity index (χ1) is 6.15. The van der Waals surface area contributed by atoms with Gasteiger partial charge in [0.1, 0.15) is 0 Å². The average Bonchev–Trinajstić information content (AvgIpc) is 2.13. The maximum absolute atomic E-state index is 4.24. The molecule has 1 heterocycles. The van der Waals surface area contributed by atoms with Crippen LogP contribution in [0.1, 0.15) is 13.8 Å². The molecule has 2 atom stereocenters. The van der Waals surface area contributed by atoms with Crippen LogP contribution in [-0.2, 0) is 0 Å². The van der Waals surface area contributed by atoms with E-state index in [0.29, 0.717) is 6.04 Å². The maximum atomic E-state index is 4.24. The summed E-state index contributed by atoms with van der Waals surface area (Å²) < 4.78 is 0. The zero-order valence-corrected chi connectivity index (χ0v) is 10.2. The molecule has 1 fully saturated rings. The summed E-state index contributed by atoms with van der Waals surface area (Å²) in [5.74, 6) is 2.07. The van der Waals surface area contributed by atoms with Crippen molar-refractivity contribution < 1.29 is 0 Å². The van der Waals surface area contributed by atoms with Gasteiger partial charge in [-0.1, -0.05) is 19.1 Å². The first-order valence-corrected chi connectivity index (χ1v) is 6.46. The van der Waals surface area contributed by atoms with Gasteiger partial charge in [-0.25, -0.2) is 0 Å². The summed E-state index contributed by atoms with van der Waals surface area (Å²) in [6, 6.07) is 0.676. The Morgan fingerprint density at radius 2 is 2.31 bits per heavy atom. The molecule has 0 radical (unpaired) electrons. The molecule has 3 heteroatoms. The Bertz CT molecular complexity index is 182. The zero-order chi connectivity index (χ0) is 9.84. The van der Waals surface area contributed by atoms with E-state index in [2.05, 4.69) is 49.7 Å². The van der Waals surface area contributed by atoms with E-state index < -0.39 is 0 Å². The lowest BCUT2D eigenvalue weighted by Crippen LogP contribution is -2.45. The summed E-state index contributed by atoms with van der Waals surface area (Å²) in [7, 11) is 0. The summed E-state index contributed by atoms with van der Waals surface area (Å²) in [5, 5.41) is 0.751. The minimum absolute atomic E-state index is 0.676. The monoisotopic (exact) mass is 217 g/mol. The lowest BCUT2D eigenvalue weighted by Gasteiger charge is -2.37. The third kappa shape index (κ3) is 3.22. The first kappa shape index (κ1) is 11.5. The van der Waals surface area contributed by atoms with Crippen molar-refractivity contribution in [3.8, 4) is 0 Å². The minimum atomic E-state index is 0.676. The molecule has 0 amide bonds. The molecule has 0 saturated carbocycles. The molecule has 0 aromatic heterocycles. The van der Waals surface area contributed by atoms with E-state index in [0.717, 1.165) is 17.5 Å². The Morgan fingerprint density at radius 3 is 2.92 bits per heavy atom. The minimum Gasteiger partial charge on any atom is -0.295 e. The van der Waals surface area contributed by atoms with Crippen LogP contribution in [0.5, 0.6) is 0 Å². The third-order valence-electron chi connectivity index (χ3n) is 2.66. The lowest BCUT2D eigenvalue weighted by molar-refractivity contribution is 0.232. The molecule has 0 bridgehead atoms. The Morgan fingerprint density at radius 1 is 1.62 bits per heavy atom. The number of hydrogen-bond donors (Lipinski definition) is 1. The van der Waals surface area contributed by atoms with Crippen molar-refractivity contribution in [1.82, 2.24) is 4.90 Å². The van der Waals surface area contributed by atoms with Gasteiger partial charge in [0.2, 0.25) is 0 Å². The van der Waals surface area contributed by atoms with Crippen LogP contribution < -0.4 is 0 Å². The number of thiol groups is 1. The van der Waals surface area contributed by atoms with Crippen LogP contribution in [0.2, 0.25) is 0 Å². The largest absolute Gasteiger partial charge is 0.295 e. The summed E-state index contributed by atoms with van der Waals surface area (Å²) in [6.45, 7) is 10.8. The third-order valence-corrected chi connectivity index (χ3v) is 4.45. The summed E-state index contributed by atoms with van der Waals surface area (Å²) in [6.07, 6.45) is 0. The van der Waals surface area contributed by atoms with Gasteiger partial charge in [0.05, 0.1) is 0 Å². The molecule has 1 aliphatic heterocycles. The fourth-order valence-corrected chi connectivity index (χ4v) is 2.82. The highest BCUT2D eigenvalue weighted by Gasteiger charge is 2.24. The van der Waals surface area contributed by atoms with Crippen LogP contribution in [0.4, 0.5) is 0 Å². The normalized spacial score (nSPS) is 30.4. The second kappa shape index (κ2) is 5.32. The zero-order valence-electron chi connectivity index (χ0n) is 8.49. The lowest BCUT2D eigenvalue weighted by atomic mass is 10.2. The molecule has 0 aliphatic carbocycles. The van der Waals surface area contributed by atoms with Gasteiger partial charge in [-0.15, -0.1) is 0 Å². The SMILES string of the molecule is C=C(CS)CN1CCSC(C)C1C. The summed E-state index contributed by atoms with van der Waals surface area (Å²) in [5.41, 5.74) is 1.23. The van der Waals surface area contributed by atoms with Crippen molar-refractivity contribution in [1.29, 1.82) is 0 Å². The van der Waals surface area contributed by atoms with Crippen molar-refractivity contribution in [3.63, 3.8) is 0 Å². The van der Waals surface area contributed by atoms with Gasteiger partial charge < -0.3 is 0 Å². The Labute approximate surface area is 91.4 Å². The van der Waals surface area contributed by atoms with E-state index in [1.165, 1.54) is 17.9 Å². The quantitative estimate of drug-likeness (QED) is 0.571. The van der Waals surface area contributed by atoms with E-state index in [9.17, 15) is 0 Å². The van der Waals surface area contributed by atoms with Crippen molar-refractivity contribution in [2.24, 2.45) is 0 Å². The number of rotatable bonds is 3. The molecule has 1 aliphatic rings. The highest BCUT2D eigenvalue weighted by Crippen LogP contribution is 2.24. The van der Waals surface area contributed by atoms with Gasteiger partial charge in [0.25, 0.3) is 0 Å². The molecule has 0 spiro atoms. The summed E-state index contributed by atoms with van der Waals surface area (Å²) in [4.78, 5) is 2.51. The number of nitrogens with zero attached hydrogens (tertiary/aromatic N) is 1. The van der Waals surface area contributed by atoms with Crippen molar-refractivity contribution >= 4 is 24.4 Å². The number of thioether (sulfide) groups is 1. The fraction of sp³-hybridized carbons (Fsp3) is 0.800. The van der Waals surface area contributed by atoms with Gasteiger partial charge in [-0.3, -0.25) is 4.90 Å². The molecule has 1 saturated heterocycles. The van der Waals surface area contributed by atoms with Crippen LogP contribution in [0.15, 0.2) is 12.2 Å². The molecule has 0 aromatic rings. The van der Waals surface area contributed by atoms with Crippen LogP contribution in [0.25, 0.3) is 0 Å². The molecule has 13 heavy (non-hydrogen) atoms. The Balaban J connectivity index is 2.43. The van der Waals surface area contributed by atoms with E-state index in [4.69, 9.17) is 0 Å². The predicted molar refractivity (Wildman–Crippen MR) is 65.9 cm³/mol. The molecule has 1 rings (SSSR count). The maximum Gasteiger partial charge on any atom is 0.0201 e. The summed E-state index contributed by atoms with van der Waals surface area (Å²) >= 11 is 6.31. The molecule has 0 aromatic carbocycles. The van der Waals surface area contributed by atoms with Crippen molar-refractivity contribution in [3.05, 3.63) is 12.2 Å². The van der Waals surface area contributed by atoms with Crippen molar-refractivity contribution in [2.45, 2.75) is 25.1 Å². The molecule has 1 nitrogen and oxygen atoms in total. The van der Waals surface area contributed by atoms with Gasteiger partial charge in [0, 0.05) is 35.9 Å². The molecule has 0 N–H and O–H groups in total. The van der Waals surface area contributed by atoms with Gasteiger partial charge in [0.15, 0.2) is 0 Å². The van der Waals surface area contributed by atoms with Gasteiger partial charge in [-0.05, 0) is 6.92 Å². The van der Waals surface area contributed by atoms with Crippen LogP contribution >= 0.6 is 24.4 Å². The topological polar surface area (TPSA) is 3.24 Å². The van der Waals surface area contributed by atoms with Crippen LogP contribution in [-0.4, -0.2) is 40.8 Å². The highest BCUT2D eigenvalue weighted by atomic mass is 32.2. The first-order valence-electron chi connectivity index (χ1n) is 4.78. The van der Waals surface area contributed by atoms with E-state index in [1.807, 2.05) is 0 Å². The van der Waals surface area contributed by atoms with Gasteiger partial charge >= 0.3 is 0 Å². The van der Waals surface area contributed by atoms with Crippen molar-refractivity contribution in [2.75, 3.05) is 24.6 Å². The average molecular weight is 217 g/mol. The van der Waals surface area contributed by atoms with E-state index in [-0.39, 0.29) is 0 Å². The number of hydrogen-bond acceptors (Lipinski definition) is 3. The van der Waals surface area contributed by atoms with E-state index in [1.54, 1.807) is 0 Å². The molecule has 2 unspecified atom stereocenters. The fourth-order valence-electron chi connectivity index (χ4n) is 1.56. The van der Waals surface area contributed by atoms with Gasteiger partial charge in [-0.2, -0.15) is 24.4 Å². The molecular weight excluding hydrogens is 198 g/mol. The molecular formula is C10H19NS2. The Kier molecular flexibility index (Phi) is 4.70. The van der Waals surface area contributed by atoms with E-state index >= 15 is 0 Å². The smallest absolute Gasteiger partial charge is 0.0201 e. The van der Waals surface area contributed by atoms with Crippen LogP contribution in [0, 0.1) is 0 Å².